The van der Waals surface area contributed by atoms with Crippen LogP contribution in [-0.2, 0) is 0 Å². The summed E-state index contributed by atoms with van der Waals surface area (Å²) in [5.41, 5.74) is 0.216. The Morgan fingerprint density at radius 1 is 1.00 bits per heavy atom. The van der Waals surface area contributed by atoms with Crippen LogP contribution in [-0.4, -0.2) is 23.5 Å². The molecule has 0 amide bonds. The van der Waals surface area contributed by atoms with Gasteiger partial charge in [0.1, 0.15) is 5.54 Å². The van der Waals surface area contributed by atoms with E-state index in [0.717, 1.165) is 25.9 Å². The average molecular weight is 220 g/mol. The Hall–Kier alpha value is -0.550. The summed E-state index contributed by atoms with van der Waals surface area (Å²) in [4.78, 5) is 2.48. The van der Waals surface area contributed by atoms with Crippen molar-refractivity contribution in [3.05, 3.63) is 0 Å². The van der Waals surface area contributed by atoms with Crippen molar-refractivity contribution in [2.24, 2.45) is 5.41 Å². The van der Waals surface area contributed by atoms with Gasteiger partial charge in [0.05, 0.1) is 6.07 Å². The molecular formula is C14H24N2. The second kappa shape index (κ2) is 4.37. The third-order valence-electron chi connectivity index (χ3n) is 4.38. The van der Waals surface area contributed by atoms with E-state index in [9.17, 15) is 5.26 Å². The van der Waals surface area contributed by atoms with Crippen molar-refractivity contribution in [1.82, 2.24) is 4.90 Å². The first-order valence-electron chi connectivity index (χ1n) is 6.74. The van der Waals surface area contributed by atoms with Crippen molar-refractivity contribution in [3.8, 4) is 6.07 Å². The first-order valence-corrected chi connectivity index (χ1v) is 6.74. The van der Waals surface area contributed by atoms with E-state index < -0.39 is 0 Å². The molecule has 0 radical (unpaired) electrons. The molecule has 1 heterocycles. The second-order valence-electron chi connectivity index (χ2n) is 6.39. The largest absolute Gasteiger partial charge is 0.286 e. The fraction of sp³-hybridized carbons (Fsp3) is 0.929. The lowest BCUT2D eigenvalue weighted by molar-refractivity contribution is 0.0314. The third-order valence-corrected chi connectivity index (χ3v) is 4.38. The summed E-state index contributed by atoms with van der Waals surface area (Å²) >= 11 is 0. The Bertz CT molecular complexity index is 284. The molecule has 16 heavy (non-hydrogen) atoms. The second-order valence-corrected chi connectivity index (χ2v) is 6.39. The van der Waals surface area contributed by atoms with Crippen molar-refractivity contribution < 1.29 is 0 Å². The smallest absolute Gasteiger partial charge is 0.109 e. The predicted octanol–water partition coefficient (Wildman–Crippen LogP) is 3.33. The number of hydrogen-bond acceptors (Lipinski definition) is 2. The van der Waals surface area contributed by atoms with Crippen LogP contribution in [0.3, 0.4) is 0 Å². The van der Waals surface area contributed by atoms with E-state index in [-0.39, 0.29) is 5.54 Å². The average Bonchev–Trinajstić information content (AvgIpc) is 2.29. The van der Waals surface area contributed by atoms with Crippen LogP contribution in [0.2, 0.25) is 0 Å². The van der Waals surface area contributed by atoms with Crippen molar-refractivity contribution in [1.29, 1.82) is 5.26 Å². The molecule has 2 heteroatoms. The summed E-state index contributed by atoms with van der Waals surface area (Å²) in [5, 5.41) is 9.63. The highest BCUT2D eigenvalue weighted by Crippen LogP contribution is 2.44. The summed E-state index contributed by atoms with van der Waals surface area (Å²) in [6.45, 7) is 6.93. The molecule has 2 nitrogen and oxygen atoms in total. The van der Waals surface area contributed by atoms with Crippen LogP contribution in [0.5, 0.6) is 0 Å². The van der Waals surface area contributed by atoms with Crippen LogP contribution in [0.15, 0.2) is 0 Å². The van der Waals surface area contributed by atoms with Gasteiger partial charge in [0, 0.05) is 0 Å². The van der Waals surface area contributed by atoms with Crippen LogP contribution in [0.4, 0.5) is 0 Å². The molecule has 0 spiro atoms. The van der Waals surface area contributed by atoms with Crippen molar-refractivity contribution in [3.63, 3.8) is 0 Å². The Morgan fingerprint density at radius 2 is 1.69 bits per heavy atom. The van der Waals surface area contributed by atoms with Crippen molar-refractivity contribution in [2.45, 2.75) is 64.3 Å². The topological polar surface area (TPSA) is 27.0 Å². The van der Waals surface area contributed by atoms with E-state index >= 15 is 0 Å². The molecule has 1 atom stereocenters. The Balaban J connectivity index is 2.15. The van der Waals surface area contributed by atoms with Gasteiger partial charge in [-0.1, -0.05) is 26.7 Å². The van der Waals surface area contributed by atoms with Gasteiger partial charge in [-0.2, -0.15) is 5.26 Å². The summed E-state index contributed by atoms with van der Waals surface area (Å²) in [5.74, 6) is 0. The molecule has 1 aliphatic heterocycles. The Labute approximate surface area is 99.6 Å². The molecule has 0 bridgehead atoms. The molecule has 0 aromatic heterocycles. The molecule has 0 N–H and O–H groups in total. The predicted molar refractivity (Wildman–Crippen MR) is 66.0 cm³/mol. The summed E-state index contributed by atoms with van der Waals surface area (Å²) in [7, 11) is 0. The zero-order chi connectivity index (χ0) is 11.6. The van der Waals surface area contributed by atoms with E-state index in [1.165, 1.54) is 32.1 Å². The molecular weight excluding hydrogens is 196 g/mol. The van der Waals surface area contributed by atoms with Gasteiger partial charge in [0.25, 0.3) is 0 Å². The van der Waals surface area contributed by atoms with Gasteiger partial charge in [0.2, 0.25) is 0 Å². The minimum atomic E-state index is -0.137. The first-order chi connectivity index (χ1) is 7.58. The van der Waals surface area contributed by atoms with Gasteiger partial charge < -0.3 is 0 Å². The highest BCUT2D eigenvalue weighted by molar-refractivity contribution is 5.12. The van der Waals surface area contributed by atoms with Gasteiger partial charge in [-0.3, -0.25) is 4.90 Å². The maximum atomic E-state index is 9.63. The van der Waals surface area contributed by atoms with Crippen LogP contribution >= 0.6 is 0 Å². The van der Waals surface area contributed by atoms with Crippen LogP contribution in [0.25, 0.3) is 0 Å². The van der Waals surface area contributed by atoms with Crippen molar-refractivity contribution >= 4 is 0 Å². The zero-order valence-corrected chi connectivity index (χ0v) is 10.8. The van der Waals surface area contributed by atoms with Crippen LogP contribution in [0, 0.1) is 16.7 Å². The Morgan fingerprint density at radius 3 is 2.25 bits per heavy atom. The fourth-order valence-electron chi connectivity index (χ4n) is 3.59. The van der Waals surface area contributed by atoms with Gasteiger partial charge in [-0.25, -0.2) is 0 Å². The maximum absolute atomic E-state index is 9.63. The normalized spacial score (nSPS) is 35.6. The summed E-state index contributed by atoms with van der Waals surface area (Å²) in [6, 6.07) is 2.67. The number of likely N-dealkylation sites (tertiary alicyclic amines) is 1. The zero-order valence-electron chi connectivity index (χ0n) is 10.8. The standard InChI is InChI=1S/C14H24N2/c1-13(2)7-6-8-14(11-13,12-15)16-9-4-3-5-10-16/h3-11H2,1-2H3. The van der Waals surface area contributed by atoms with Crippen LogP contribution < -0.4 is 0 Å². The highest BCUT2D eigenvalue weighted by atomic mass is 15.2. The molecule has 2 rings (SSSR count). The van der Waals surface area contributed by atoms with Crippen LogP contribution in [0.1, 0.15) is 58.8 Å². The molecule has 0 aromatic carbocycles. The molecule has 90 valence electrons. The first kappa shape index (κ1) is 11.9. The molecule has 1 unspecified atom stereocenters. The van der Waals surface area contributed by atoms with E-state index in [1.54, 1.807) is 0 Å². The van der Waals surface area contributed by atoms with E-state index in [4.69, 9.17) is 0 Å². The molecule has 2 fully saturated rings. The van der Waals surface area contributed by atoms with E-state index in [1.807, 2.05) is 0 Å². The monoisotopic (exact) mass is 220 g/mol. The molecule has 1 aliphatic carbocycles. The minimum Gasteiger partial charge on any atom is -0.286 e. The number of nitriles is 1. The summed E-state index contributed by atoms with van der Waals surface area (Å²) < 4.78 is 0. The van der Waals surface area contributed by atoms with Gasteiger partial charge in [-0.05, 0) is 50.6 Å². The number of rotatable bonds is 1. The van der Waals surface area contributed by atoms with Gasteiger partial charge in [0.15, 0.2) is 0 Å². The lowest BCUT2D eigenvalue weighted by atomic mass is 9.67. The maximum Gasteiger partial charge on any atom is 0.109 e. The molecule has 0 aromatic rings. The SMILES string of the molecule is CC1(C)CCCC(C#N)(N2CCCCC2)C1. The fourth-order valence-corrected chi connectivity index (χ4v) is 3.59. The minimum absolute atomic E-state index is 0.137. The number of piperidine rings is 1. The molecule has 2 aliphatic rings. The van der Waals surface area contributed by atoms with E-state index in [2.05, 4.69) is 24.8 Å². The molecule has 1 saturated heterocycles. The van der Waals surface area contributed by atoms with E-state index in [0.29, 0.717) is 5.41 Å². The quantitative estimate of drug-likeness (QED) is 0.677. The lowest BCUT2D eigenvalue weighted by Crippen LogP contribution is -2.54. The third kappa shape index (κ3) is 2.25. The molecule has 1 saturated carbocycles. The van der Waals surface area contributed by atoms with Crippen molar-refractivity contribution in [2.75, 3.05) is 13.1 Å². The lowest BCUT2D eigenvalue weighted by Gasteiger charge is -2.48. The number of nitrogens with zero attached hydrogens (tertiary/aromatic N) is 2. The Kier molecular flexibility index (Phi) is 3.26. The summed E-state index contributed by atoms with van der Waals surface area (Å²) in [6.07, 6.45) is 8.57. The van der Waals surface area contributed by atoms with Gasteiger partial charge >= 0.3 is 0 Å². The highest BCUT2D eigenvalue weighted by Gasteiger charge is 2.44. The number of hydrogen-bond donors (Lipinski definition) is 0. The van der Waals surface area contributed by atoms with Gasteiger partial charge in [-0.15, -0.1) is 0 Å².